The van der Waals surface area contributed by atoms with E-state index in [0.717, 1.165) is 12.1 Å². The van der Waals surface area contributed by atoms with Gasteiger partial charge in [0.1, 0.15) is 16.3 Å². The van der Waals surface area contributed by atoms with Crippen molar-refractivity contribution < 1.29 is 29.6 Å². The maximum absolute atomic E-state index is 12.1. The van der Waals surface area contributed by atoms with E-state index in [2.05, 4.69) is 0 Å². The van der Waals surface area contributed by atoms with Gasteiger partial charge in [-0.3, -0.25) is 9.59 Å². The first-order valence-electron chi connectivity index (χ1n) is 6.73. The number of carbonyl (C=O) groups is 2. The van der Waals surface area contributed by atoms with Crippen molar-refractivity contribution in [1.29, 1.82) is 0 Å². The molecule has 8 nitrogen and oxygen atoms in total. The maximum atomic E-state index is 12.1. The largest absolute Gasteiger partial charge is 0.503 e. The summed E-state index contributed by atoms with van der Waals surface area (Å²) in [7, 11) is 1.32. The Morgan fingerprint density at radius 3 is 2.52 bits per heavy atom. The number of carboxylic acid groups (broad SMARTS) is 1. The molecule has 0 aliphatic carbocycles. The lowest BCUT2D eigenvalue weighted by Crippen LogP contribution is -2.24. The van der Waals surface area contributed by atoms with Crippen LogP contribution >= 0.6 is 11.6 Å². The lowest BCUT2D eigenvalue weighted by molar-refractivity contribution is 0.0693. The van der Waals surface area contributed by atoms with Gasteiger partial charge in [-0.15, -0.1) is 0 Å². The first kappa shape index (κ1) is 18.1. The molecule has 2 aromatic rings. The topological polar surface area (TPSA) is 126 Å². The minimum atomic E-state index is -1.22. The number of ether oxygens (including phenoxy) is 1. The molecule has 0 aliphatic rings. The van der Waals surface area contributed by atoms with Crippen molar-refractivity contribution in [3.8, 4) is 17.4 Å². The highest BCUT2D eigenvalue weighted by molar-refractivity contribution is 6.32. The fourth-order valence-corrected chi connectivity index (χ4v) is 2.19. The van der Waals surface area contributed by atoms with E-state index in [4.69, 9.17) is 21.4 Å². The van der Waals surface area contributed by atoms with Gasteiger partial charge in [0.2, 0.25) is 5.88 Å². The lowest BCUT2D eigenvalue weighted by atomic mass is 10.1. The smallest absolute Gasteiger partial charge is 0.339 e. The molecule has 0 fully saturated rings. The molecule has 0 saturated heterocycles. The van der Waals surface area contributed by atoms with E-state index in [1.165, 1.54) is 31.4 Å². The van der Waals surface area contributed by atoms with Crippen molar-refractivity contribution in [2.75, 3.05) is 7.11 Å². The van der Waals surface area contributed by atoms with Gasteiger partial charge in [-0.1, -0.05) is 17.7 Å². The third-order valence-electron chi connectivity index (χ3n) is 3.20. The van der Waals surface area contributed by atoms with Crippen molar-refractivity contribution in [3.63, 3.8) is 0 Å². The third-order valence-corrected chi connectivity index (χ3v) is 3.48. The van der Waals surface area contributed by atoms with Crippen LogP contribution < -0.4 is 10.3 Å². The molecule has 0 atom stereocenters. The van der Waals surface area contributed by atoms with Crippen LogP contribution in [-0.2, 0) is 0 Å². The van der Waals surface area contributed by atoms with Crippen LogP contribution in [0.2, 0.25) is 5.02 Å². The molecule has 0 radical (unpaired) electrons. The minimum absolute atomic E-state index is 0.113. The second-order valence-corrected chi connectivity index (χ2v) is 5.19. The standard InChI is InChI=1S/C16H12ClNO7/c1-25-12-4-2-8(6-9(12)16(23)24)3-5-13(20)18-14(21)10(17)7-11(19)15(18)22/h2-7,19,21H,1H3,(H,23,24)/b5-3+. The molecule has 0 aliphatic heterocycles. The first-order chi connectivity index (χ1) is 11.8. The van der Waals surface area contributed by atoms with Gasteiger partial charge in [0, 0.05) is 12.1 Å². The number of nitrogens with zero attached hydrogens (tertiary/aromatic N) is 1. The Morgan fingerprint density at radius 1 is 1.24 bits per heavy atom. The molecule has 1 heterocycles. The Morgan fingerprint density at radius 2 is 1.92 bits per heavy atom. The second-order valence-electron chi connectivity index (χ2n) is 4.78. The summed E-state index contributed by atoms with van der Waals surface area (Å²) >= 11 is 5.62. The number of rotatable bonds is 4. The van der Waals surface area contributed by atoms with E-state index in [1.54, 1.807) is 0 Å². The molecular weight excluding hydrogens is 354 g/mol. The molecular formula is C16H12ClNO7. The van der Waals surface area contributed by atoms with Crippen LogP contribution in [0.3, 0.4) is 0 Å². The molecule has 1 aromatic carbocycles. The Bertz CT molecular complexity index is 946. The van der Waals surface area contributed by atoms with Crippen LogP contribution in [-0.4, -0.2) is 38.9 Å². The van der Waals surface area contributed by atoms with Gasteiger partial charge < -0.3 is 20.1 Å². The highest BCUT2D eigenvalue weighted by Gasteiger charge is 2.17. The average Bonchev–Trinajstić information content (AvgIpc) is 2.58. The summed E-state index contributed by atoms with van der Waals surface area (Å²) in [6.07, 6.45) is 2.16. The molecule has 2 rings (SSSR count). The monoisotopic (exact) mass is 365 g/mol. The molecule has 0 saturated carbocycles. The SMILES string of the molecule is COc1ccc(/C=C/C(=O)n2c(O)c(Cl)cc(O)c2=O)cc1C(=O)O. The zero-order chi connectivity index (χ0) is 18.7. The van der Waals surface area contributed by atoms with Crippen LogP contribution in [0.1, 0.15) is 20.7 Å². The summed E-state index contributed by atoms with van der Waals surface area (Å²) < 4.78 is 5.21. The summed E-state index contributed by atoms with van der Waals surface area (Å²) in [5, 5.41) is 27.9. The number of aromatic carboxylic acids is 1. The Balaban J connectivity index is 2.41. The van der Waals surface area contributed by atoms with Crippen LogP contribution in [0.5, 0.6) is 17.4 Å². The molecule has 9 heteroatoms. The molecule has 0 bridgehead atoms. The van der Waals surface area contributed by atoms with Gasteiger partial charge in [-0.2, -0.15) is 0 Å². The van der Waals surface area contributed by atoms with Crippen molar-refractivity contribution >= 4 is 29.6 Å². The second kappa shape index (κ2) is 7.10. The Labute approximate surface area is 145 Å². The number of halogens is 1. The summed E-state index contributed by atoms with van der Waals surface area (Å²) in [4.78, 5) is 35.0. The van der Waals surface area contributed by atoms with Crippen molar-refractivity contribution in [3.05, 3.63) is 56.8 Å². The molecule has 0 spiro atoms. The summed E-state index contributed by atoms with van der Waals surface area (Å²) in [5.41, 5.74) is -0.916. The van der Waals surface area contributed by atoms with Gasteiger partial charge in [0.15, 0.2) is 5.75 Å². The molecule has 0 amide bonds. The quantitative estimate of drug-likeness (QED) is 0.707. The first-order valence-corrected chi connectivity index (χ1v) is 7.11. The lowest BCUT2D eigenvalue weighted by Gasteiger charge is -2.07. The number of carbonyl (C=O) groups excluding carboxylic acids is 1. The Hall–Kier alpha value is -3.26. The maximum Gasteiger partial charge on any atom is 0.339 e. The predicted molar refractivity (Wildman–Crippen MR) is 88.7 cm³/mol. The van der Waals surface area contributed by atoms with Crippen LogP contribution in [0.4, 0.5) is 0 Å². The van der Waals surface area contributed by atoms with Crippen LogP contribution in [0.25, 0.3) is 6.08 Å². The van der Waals surface area contributed by atoms with Gasteiger partial charge in [0.05, 0.1) is 7.11 Å². The minimum Gasteiger partial charge on any atom is -0.503 e. The van der Waals surface area contributed by atoms with Crippen LogP contribution in [0, 0.1) is 0 Å². The number of aromatic nitrogens is 1. The molecule has 0 unspecified atom stereocenters. The number of hydrogen-bond acceptors (Lipinski definition) is 6. The fraction of sp³-hybridized carbons (Fsp3) is 0.0625. The van der Waals surface area contributed by atoms with Crippen molar-refractivity contribution in [2.24, 2.45) is 0 Å². The van der Waals surface area contributed by atoms with E-state index in [9.17, 15) is 24.6 Å². The summed E-state index contributed by atoms with van der Waals surface area (Å²) in [6.45, 7) is 0. The highest BCUT2D eigenvalue weighted by Crippen LogP contribution is 2.24. The predicted octanol–water partition coefficient (Wildman–Crippen LogP) is 1.97. The van der Waals surface area contributed by atoms with E-state index in [-0.39, 0.29) is 20.9 Å². The molecule has 1 aromatic heterocycles. The molecule has 25 heavy (non-hydrogen) atoms. The molecule has 3 N–H and O–H groups in total. The zero-order valence-corrected chi connectivity index (χ0v) is 13.5. The molecule has 130 valence electrons. The average molecular weight is 366 g/mol. The van der Waals surface area contributed by atoms with Gasteiger partial charge in [-0.05, 0) is 23.8 Å². The number of allylic oxidation sites excluding steroid dienone is 1. The Kier molecular flexibility index (Phi) is 5.14. The van der Waals surface area contributed by atoms with Crippen LogP contribution in [0.15, 0.2) is 35.1 Å². The number of hydrogen-bond donors (Lipinski definition) is 3. The zero-order valence-electron chi connectivity index (χ0n) is 12.8. The normalized spacial score (nSPS) is 10.8. The number of methoxy groups -OCH3 is 1. The van der Waals surface area contributed by atoms with Gasteiger partial charge >= 0.3 is 11.5 Å². The summed E-state index contributed by atoms with van der Waals surface area (Å²) in [5.74, 6) is -3.67. The summed E-state index contributed by atoms with van der Waals surface area (Å²) in [6, 6.07) is 4.98. The van der Waals surface area contributed by atoms with E-state index >= 15 is 0 Å². The van der Waals surface area contributed by atoms with Gasteiger partial charge in [0.25, 0.3) is 5.91 Å². The fourth-order valence-electron chi connectivity index (χ4n) is 2.01. The number of pyridine rings is 1. The van der Waals surface area contributed by atoms with Gasteiger partial charge in [-0.25, -0.2) is 9.36 Å². The van der Waals surface area contributed by atoms with E-state index in [1.807, 2.05) is 0 Å². The van der Waals surface area contributed by atoms with Crippen molar-refractivity contribution in [2.45, 2.75) is 0 Å². The van der Waals surface area contributed by atoms with E-state index in [0.29, 0.717) is 5.56 Å². The van der Waals surface area contributed by atoms with E-state index < -0.39 is 29.1 Å². The van der Waals surface area contributed by atoms with Crippen molar-refractivity contribution in [1.82, 2.24) is 4.57 Å². The highest BCUT2D eigenvalue weighted by atomic mass is 35.5. The number of carboxylic acids is 1. The third kappa shape index (κ3) is 3.64. The number of aromatic hydroxyl groups is 2. The number of benzene rings is 1.